The molecule has 0 aromatic heterocycles. The molecule has 0 aliphatic carbocycles. The Morgan fingerprint density at radius 3 is 2.35 bits per heavy atom. The Hall–Kier alpha value is -1.38. The van der Waals surface area contributed by atoms with E-state index in [0.29, 0.717) is 6.61 Å². The summed E-state index contributed by atoms with van der Waals surface area (Å²) >= 11 is 3.46. The van der Waals surface area contributed by atoms with Gasteiger partial charge in [0.2, 0.25) is 0 Å². The highest BCUT2D eigenvalue weighted by Gasteiger charge is 2.12. The van der Waals surface area contributed by atoms with Gasteiger partial charge in [-0.15, -0.1) is 6.58 Å². The molecule has 20 heavy (non-hydrogen) atoms. The molecule has 0 heterocycles. The normalized spacial score (nSPS) is 12.1. The van der Waals surface area contributed by atoms with Crippen molar-refractivity contribution in [3.63, 3.8) is 0 Å². The molecule has 0 saturated carbocycles. The quantitative estimate of drug-likeness (QED) is 0.619. The Morgan fingerprint density at radius 2 is 1.75 bits per heavy atom. The summed E-state index contributed by atoms with van der Waals surface area (Å²) in [4.78, 5) is 0. The first kappa shape index (κ1) is 15.0. The van der Waals surface area contributed by atoms with E-state index in [1.165, 1.54) is 11.1 Å². The lowest BCUT2D eigenvalue weighted by Gasteiger charge is -2.19. The molecule has 0 N–H and O–H groups in total. The molecule has 1 nitrogen and oxygen atoms in total. The van der Waals surface area contributed by atoms with Crippen LogP contribution in [-0.2, 0) is 11.3 Å². The van der Waals surface area contributed by atoms with Gasteiger partial charge in [0.25, 0.3) is 0 Å². The SMILES string of the molecule is C=C(C)C[C@H](OCc1ccccc1)c1ccc(Br)cc1. The Morgan fingerprint density at radius 1 is 1.10 bits per heavy atom. The van der Waals surface area contributed by atoms with Crippen molar-refractivity contribution in [3.8, 4) is 0 Å². The largest absolute Gasteiger partial charge is 0.369 e. The number of halogens is 1. The second-order valence-electron chi connectivity index (χ2n) is 5.00. The van der Waals surface area contributed by atoms with Crippen molar-refractivity contribution in [3.05, 3.63) is 82.3 Å². The van der Waals surface area contributed by atoms with Crippen LogP contribution in [0.25, 0.3) is 0 Å². The van der Waals surface area contributed by atoms with Gasteiger partial charge in [-0.2, -0.15) is 0 Å². The molecule has 104 valence electrons. The predicted molar refractivity (Wildman–Crippen MR) is 87.5 cm³/mol. The van der Waals surface area contributed by atoms with Gasteiger partial charge in [0.15, 0.2) is 0 Å². The monoisotopic (exact) mass is 330 g/mol. The molecule has 0 aliphatic heterocycles. The van der Waals surface area contributed by atoms with E-state index in [1.54, 1.807) is 0 Å². The van der Waals surface area contributed by atoms with Gasteiger partial charge in [-0.25, -0.2) is 0 Å². The molecular weight excluding hydrogens is 312 g/mol. The molecule has 0 spiro atoms. The van der Waals surface area contributed by atoms with E-state index in [2.05, 4.69) is 46.8 Å². The fourth-order valence-electron chi connectivity index (χ4n) is 2.04. The number of hydrogen-bond donors (Lipinski definition) is 0. The fraction of sp³-hybridized carbons (Fsp3) is 0.222. The summed E-state index contributed by atoms with van der Waals surface area (Å²) in [5.41, 5.74) is 3.51. The second-order valence-corrected chi connectivity index (χ2v) is 5.91. The van der Waals surface area contributed by atoms with E-state index in [4.69, 9.17) is 4.74 Å². The molecule has 1 atom stereocenters. The third kappa shape index (κ3) is 4.62. The zero-order valence-corrected chi connectivity index (χ0v) is 13.3. The van der Waals surface area contributed by atoms with Crippen LogP contribution in [0.1, 0.15) is 30.6 Å². The summed E-state index contributed by atoms with van der Waals surface area (Å²) in [5, 5.41) is 0. The molecule has 2 rings (SSSR count). The summed E-state index contributed by atoms with van der Waals surface area (Å²) < 4.78 is 7.17. The Labute approximate surface area is 129 Å². The number of benzene rings is 2. The third-order valence-corrected chi connectivity index (χ3v) is 3.60. The van der Waals surface area contributed by atoms with Gasteiger partial charge in [0, 0.05) is 4.47 Å². The first-order chi connectivity index (χ1) is 9.65. The highest BCUT2D eigenvalue weighted by molar-refractivity contribution is 9.10. The molecule has 2 aromatic rings. The third-order valence-electron chi connectivity index (χ3n) is 3.07. The Bertz CT molecular complexity index is 545. The first-order valence-corrected chi connectivity index (χ1v) is 7.50. The standard InChI is InChI=1S/C18H19BrO/c1-14(2)12-18(16-8-10-17(19)11-9-16)20-13-15-6-4-3-5-7-15/h3-11,18H,1,12-13H2,2H3/t18-/m0/s1. The maximum atomic E-state index is 6.09. The van der Waals surface area contributed by atoms with Crippen LogP contribution >= 0.6 is 15.9 Å². The molecule has 2 heteroatoms. The number of rotatable bonds is 6. The maximum Gasteiger partial charge on any atom is 0.0866 e. The van der Waals surface area contributed by atoms with E-state index < -0.39 is 0 Å². The number of ether oxygens (including phenoxy) is 1. The lowest BCUT2D eigenvalue weighted by atomic mass is 10.0. The lowest BCUT2D eigenvalue weighted by Crippen LogP contribution is -2.05. The highest BCUT2D eigenvalue weighted by Crippen LogP contribution is 2.26. The maximum absolute atomic E-state index is 6.09. The molecule has 0 radical (unpaired) electrons. The summed E-state index contributed by atoms with van der Waals surface area (Å²) in [7, 11) is 0. The zero-order chi connectivity index (χ0) is 14.4. The summed E-state index contributed by atoms with van der Waals surface area (Å²) in [5.74, 6) is 0. The minimum Gasteiger partial charge on any atom is -0.369 e. The minimum absolute atomic E-state index is 0.0563. The minimum atomic E-state index is 0.0563. The van der Waals surface area contributed by atoms with Crippen LogP contribution in [0.5, 0.6) is 0 Å². The van der Waals surface area contributed by atoms with E-state index >= 15 is 0 Å². The highest BCUT2D eigenvalue weighted by atomic mass is 79.9. The van der Waals surface area contributed by atoms with Crippen LogP contribution in [0.15, 0.2) is 71.2 Å². The van der Waals surface area contributed by atoms with Crippen LogP contribution in [-0.4, -0.2) is 0 Å². The van der Waals surface area contributed by atoms with Gasteiger partial charge in [-0.05, 0) is 36.6 Å². The van der Waals surface area contributed by atoms with E-state index in [1.807, 2.05) is 37.3 Å². The average molecular weight is 331 g/mol. The van der Waals surface area contributed by atoms with Crippen LogP contribution in [0.2, 0.25) is 0 Å². The van der Waals surface area contributed by atoms with Gasteiger partial charge in [-0.3, -0.25) is 0 Å². The van der Waals surface area contributed by atoms with Gasteiger partial charge in [-0.1, -0.05) is 64.0 Å². The fourth-order valence-corrected chi connectivity index (χ4v) is 2.30. The van der Waals surface area contributed by atoms with Crippen LogP contribution in [0.4, 0.5) is 0 Å². The molecule has 0 saturated heterocycles. The van der Waals surface area contributed by atoms with E-state index in [-0.39, 0.29) is 6.10 Å². The molecule has 2 aromatic carbocycles. The van der Waals surface area contributed by atoms with Crippen molar-refractivity contribution in [2.45, 2.75) is 26.1 Å². The second kappa shape index (κ2) is 7.41. The van der Waals surface area contributed by atoms with Gasteiger partial charge >= 0.3 is 0 Å². The van der Waals surface area contributed by atoms with Gasteiger partial charge < -0.3 is 4.74 Å². The van der Waals surface area contributed by atoms with Crippen LogP contribution < -0.4 is 0 Å². The Balaban J connectivity index is 2.07. The van der Waals surface area contributed by atoms with E-state index in [0.717, 1.165) is 16.5 Å². The topological polar surface area (TPSA) is 9.23 Å². The molecular formula is C18H19BrO. The molecule has 0 bridgehead atoms. The van der Waals surface area contributed by atoms with Crippen LogP contribution in [0, 0.1) is 0 Å². The van der Waals surface area contributed by atoms with Crippen molar-refractivity contribution in [1.29, 1.82) is 0 Å². The van der Waals surface area contributed by atoms with Crippen molar-refractivity contribution in [2.24, 2.45) is 0 Å². The number of hydrogen-bond acceptors (Lipinski definition) is 1. The van der Waals surface area contributed by atoms with Gasteiger partial charge in [0.05, 0.1) is 12.7 Å². The molecule has 0 amide bonds. The van der Waals surface area contributed by atoms with E-state index in [9.17, 15) is 0 Å². The lowest BCUT2D eigenvalue weighted by molar-refractivity contribution is 0.0400. The van der Waals surface area contributed by atoms with Crippen LogP contribution in [0.3, 0.4) is 0 Å². The Kier molecular flexibility index (Phi) is 5.57. The molecule has 0 aliphatic rings. The van der Waals surface area contributed by atoms with Crippen molar-refractivity contribution in [2.75, 3.05) is 0 Å². The van der Waals surface area contributed by atoms with Crippen molar-refractivity contribution < 1.29 is 4.74 Å². The predicted octanol–water partition coefficient (Wildman–Crippen LogP) is 5.67. The molecule has 0 fully saturated rings. The van der Waals surface area contributed by atoms with Gasteiger partial charge in [0.1, 0.15) is 0 Å². The summed E-state index contributed by atoms with van der Waals surface area (Å²) in [6.45, 7) is 6.66. The smallest absolute Gasteiger partial charge is 0.0866 e. The first-order valence-electron chi connectivity index (χ1n) is 6.70. The average Bonchev–Trinajstić information content (AvgIpc) is 2.45. The van der Waals surface area contributed by atoms with Crippen molar-refractivity contribution in [1.82, 2.24) is 0 Å². The molecule has 0 unspecified atom stereocenters. The van der Waals surface area contributed by atoms with Crippen molar-refractivity contribution >= 4 is 15.9 Å². The summed E-state index contributed by atoms with van der Waals surface area (Å²) in [6.07, 6.45) is 0.898. The zero-order valence-electron chi connectivity index (χ0n) is 11.7. The summed E-state index contributed by atoms with van der Waals surface area (Å²) in [6, 6.07) is 18.5.